The van der Waals surface area contributed by atoms with Gasteiger partial charge in [-0.05, 0) is 42.8 Å². The highest BCUT2D eigenvalue weighted by molar-refractivity contribution is 7.22. The van der Waals surface area contributed by atoms with E-state index in [0.717, 1.165) is 15.8 Å². The Labute approximate surface area is 172 Å². The van der Waals surface area contributed by atoms with Crippen LogP contribution in [0.1, 0.15) is 5.56 Å². The second-order valence-corrected chi connectivity index (χ2v) is 7.28. The number of halogens is 3. The van der Waals surface area contributed by atoms with Crippen LogP contribution in [0.4, 0.5) is 41.3 Å². The minimum absolute atomic E-state index is 0.240. The summed E-state index contributed by atoms with van der Waals surface area (Å²) >= 11 is 1.47. The van der Waals surface area contributed by atoms with Crippen molar-refractivity contribution >= 4 is 49.7 Å². The number of nitrogens with zero attached hydrogens (tertiary/aromatic N) is 3. The van der Waals surface area contributed by atoms with Crippen molar-refractivity contribution in [3.63, 3.8) is 0 Å². The number of fused-ring (bicyclic) bond motifs is 1. The summed E-state index contributed by atoms with van der Waals surface area (Å²) < 4.78 is 41.7. The zero-order valence-corrected chi connectivity index (χ0v) is 16.3. The maximum atomic E-state index is 12.3. The van der Waals surface area contributed by atoms with Gasteiger partial charge in [-0.3, -0.25) is 0 Å². The van der Waals surface area contributed by atoms with Crippen molar-refractivity contribution in [2.75, 3.05) is 16.4 Å². The number of alkyl halides is 3. The number of nitrogen functional groups attached to an aromatic ring is 1. The van der Waals surface area contributed by atoms with Gasteiger partial charge in [0.1, 0.15) is 17.8 Å². The predicted octanol–water partition coefficient (Wildman–Crippen LogP) is 5.36. The normalized spacial score (nSPS) is 11.5. The van der Waals surface area contributed by atoms with Crippen LogP contribution >= 0.6 is 11.3 Å². The second kappa shape index (κ2) is 7.67. The van der Waals surface area contributed by atoms with Crippen molar-refractivity contribution < 1.29 is 17.9 Å². The van der Waals surface area contributed by atoms with E-state index in [1.165, 1.54) is 41.9 Å². The van der Waals surface area contributed by atoms with Gasteiger partial charge in [-0.25, -0.2) is 15.0 Å². The number of nitrogens with two attached hydrogens (primary N) is 1. The number of anilines is 5. The number of ether oxygens (including phenoxy) is 1. The number of nitrogens with one attached hydrogen (secondary N) is 2. The van der Waals surface area contributed by atoms with Crippen LogP contribution in [0.25, 0.3) is 10.2 Å². The average Bonchev–Trinajstić information content (AvgIpc) is 3.09. The molecule has 2 aromatic carbocycles. The molecule has 7 nitrogen and oxygen atoms in total. The van der Waals surface area contributed by atoms with Gasteiger partial charge >= 0.3 is 6.36 Å². The molecule has 0 aliphatic heterocycles. The smallest absolute Gasteiger partial charge is 0.406 e. The highest BCUT2D eigenvalue weighted by Gasteiger charge is 2.30. The topological polar surface area (TPSA) is 98.0 Å². The molecular weight excluding hydrogens is 417 g/mol. The van der Waals surface area contributed by atoms with Gasteiger partial charge in [0.05, 0.1) is 10.2 Å². The van der Waals surface area contributed by atoms with E-state index in [0.29, 0.717) is 22.5 Å². The first kappa shape index (κ1) is 19.7. The number of aromatic nitrogens is 3. The Morgan fingerprint density at radius 3 is 2.37 bits per heavy atom. The van der Waals surface area contributed by atoms with Gasteiger partial charge in [0, 0.05) is 5.69 Å². The zero-order valence-electron chi connectivity index (χ0n) is 15.5. The molecule has 4 aromatic rings. The second-order valence-electron chi connectivity index (χ2n) is 6.25. The van der Waals surface area contributed by atoms with Crippen molar-refractivity contribution in [2.45, 2.75) is 13.3 Å². The summed E-state index contributed by atoms with van der Waals surface area (Å²) in [6.07, 6.45) is -3.42. The van der Waals surface area contributed by atoms with Crippen LogP contribution < -0.4 is 21.1 Å². The molecule has 0 bridgehead atoms. The molecule has 0 atom stereocenters. The standard InChI is InChI=1S/C19H15F3N6OS/c1-10-3-2-4-13-15(10)27-18(30-13)28-17-14(23)16(24-9-25-17)26-11-5-7-12(8-6-11)29-19(20,21)22/h2-9H,23H2,1H3,(H2,24,25,26,27,28). The summed E-state index contributed by atoms with van der Waals surface area (Å²) in [5.74, 6) is 0.340. The Balaban J connectivity index is 1.53. The maximum absolute atomic E-state index is 12.3. The van der Waals surface area contributed by atoms with Gasteiger partial charge in [0.25, 0.3) is 0 Å². The number of para-hydroxylation sites is 1. The van der Waals surface area contributed by atoms with Crippen LogP contribution in [0, 0.1) is 6.92 Å². The highest BCUT2D eigenvalue weighted by atomic mass is 32.1. The highest BCUT2D eigenvalue weighted by Crippen LogP contribution is 2.33. The zero-order chi connectivity index (χ0) is 21.3. The summed E-state index contributed by atoms with van der Waals surface area (Å²) in [6.45, 7) is 1.98. The fourth-order valence-electron chi connectivity index (χ4n) is 2.71. The van der Waals surface area contributed by atoms with E-state index in [1.807, 2.05) is 25.1 Å². The average molecular weight is 432 g/mol. The Morgan fingerprint density at radius 1 is 1.00 bits per heavy atom. The van der Waals surface area contributed by atoms with Crippen LogP contribution in [0.5, 0.6) is 5.75 Å². The van der Waals surface area contributed by atoms with Crippen molar-refractivity contribution in [3.8, 4) is 5.75 Å². The molecule has 30 heavy (non-hydrogen) atoms. The van der Waals surface area contributed by atoms with Crippen LogP contribution in [0.3, 0.4) is 0 Å². The lowest BCUT2D eigenvalue weighted by atomic mass is 10.2. The first-order valence-corrected chi connectivity index (χ1v) is 9.46. The predicted molar refractivity (Wildman–Crippen MR) is 110 cm³/mol. The molecule has 0 spiro atoms. The van der Waals surface area contributed by atoms with Crippen molar-refractivity contribution in [3.05, 3.63) is 54.4 Å². The lowest BCUT2D eigenvalue weighted by molar-refractivity contribution is -0.274. The minimum atomic E-state index is -4.74. The van der Waals surface area contributed by atoms with Crippen molar-refractivity contribution in [2.24, 2.45) is 0 Å². The number of benzene rings is 2. The SMILES string of the molecule is Cc1cccc2sc(Nc3ncnc(Nc4ccc(OC(F)(F)F)cc4)c3N)nc12. The molecule has 0 fully saturated rings. The molecule has 4 N–H and O–H groups in total. The summed E-state index contributed by atoms with van der Waals surface area (Å²) in [7, 11) is 0. The third kappa shape index (κ3) is 4.35. The molecule has 0 saturated heterocycles. The van der Waals surface area contributed by atoms with E-state index in [1.54, 1.807) is 0 Å². The molecular formula is C19H15F3N6OS. The summed E-state index contributed by atoms with van der Waals surface area (Å²) in [5, 5.41) is 6.68. The molecule has 11 heteroatoms. The number of aryl methyl sites for hydroxylation is 1. The Bertz CT molecular complexity index is 1190. The van der Waals surface area contributed by atoms with E-state index in [4.69, 9.17) is 5.73 Å². The Morgan fingerprint density at radius 2 is 1.70 bits per heavy atom. The summed E-state index contributed by atoms with van der Waals surface area (Å²) in [6, 6.07) is 11.2. The summed E-state index contributed by atoms with van der Waals surface area (Å²) in [4.78, 5) is 12.8. The first-order valence-electron chi connectivity index (χ1n) is 8.65. The van der Waals surface area contributed by atoms with Gasteiger partial charge in [0.2, 0.25) is 0 Å². The maximum Gasteiger partial charge on any atom is 0.573 e. The minimum Gasteiger partial charge on any atom is -0.406 e. The molecule has 2 aromatic heterocycles. The molecule has 0 aliphatic carbocycles. The number of hydrogen-bond acceptors (Lipinski definition) is 8. The lowest BCUT2D eigenvalue weighted by Crippen LogP contribution is -2.17. The summed E-state index contributed by atoms with van der Waals surface area (Å²) in [5.41, 5.74) is 8.86. The molecule has 2 heterocycles. The van der Waals surface area contributed by atoms with E-state index < -0.39 is 6.36 Å². The van der Waals surface area contributed by atoms with Gasteiger partial charge in [-0.2, -0.15) is 0 Å². The molecule has 0 saturated carbocycles. The van der Waals surface area contributed by atoms with Crippen molar-refractivity contribution in [1.82, 2.24) is 15.0 Å². The van der Waals surface area contributed by atoms with Crippen LogP contribution in [-0.4, -0.2) is 21.3 Å². The molecule has 0 unspecified atom stereocenters. The van der Waals surface area contributed by atoms with Gasteiger partial charge < -0.3 is 21.1 Å². The van der Waals surface area contributed by atoms with E-state index in [2.05, 4.69) is 30.3 Å². The van der Waals surface area contributed by atoms with Gasteiger partial charge in [-0.1, -0.05) is 23.5 Å². The van der Waals surface area contributed by atoms with Gasteiger partial charge in [-0.15, -0.1) is 13.2 Å². The fraction of sp³-hybridized carbons (Fsp3) is 0.105. The molecule has 154 valence electrons. The van der Waals surface area contributed by atoms with E-state index >= 15 is 0 Å². The molecule has 0 aliphatic rings. The first-order chi connectivity index (χ1) is 14.3. The molecule has 0 amide bonds. The van der Waals surface area contributed by atoms with Crippen LogP contribution in [0.2, 0.25) is 0 Å². The van der Waals surface area contributed by atoms with Crippen LogP contribution in [-0.2, 0) is 0 Å². The van der Waals surface area contributed by atoms with Gasteiger partial charge in [0.15, 0.2) is 16.8 Å². The Kier molecular flexibility index (Phi) is 5.04. The van der Waals surface area contributed by atoms with Crippen molar-refractivity contribution in [1.29, 1.82) is 0 Å². The third-order valence-corrected chi connectivity index (χ3v) is 5.02. The van der Waals surface area contributed by atoms with E-state index in [-0.39, 0.29) is 11.4 Å². The molecule has 0 radical (unpaired) electrons. The van der Waals surface area contributed by atoms with Crippen LogP contribution in [0.15, 0.2) is 48.8 Å². The molecule has 4 rings (SSSR count). The number of hydrogen-bond donors (Lipinski definition) is 3. The Hall–Kier alpha value is -3.60. The fourth-order valence-corrected chi connectivity index (χ4v) is 3.66. The number of rotatable bonds is 5. The van der Waals surface area contributed by atoms with E-state index in [9.17, 15) is 13.2 Å². The largest absolute Gasteiger partial charge is 0.573 e. The lowest BCUT2D eigenvalue weighted by Gasteiger charge is -2.12. The number of thiazole rings is 1. The quantitative estimate of drug-likeness (QED) is 0.390. The monoisotopic (exact) mass is 432 g/mol. The third-order valence-electron chi connectivity index (χ3n) is 4.08.